The van der Waals surface area contributed by atoms with Crippen LogP contribution in [0.2, 0.25) is 0 Å². The second-order valence-corrected chi connectivity index (χ2v) is 8.77. The molecule has 2 amide bonds. The van der Waals surface area contributed by atoms with Gasteiger partial charge in [0.25, 0.3) is 5.91 Å². The number of piperidine rings is 1. The predicted octanol–water partition coefficient (Wildman–Crippen LogP) is 3.89. The molecule has 0 bridgehead atoms. The fourth-order valence-corrected chi connectivity index (χ4v) is 4.20. The molecule has 1 saturated heterocycles. The largest absolute Gasteiger partial charge is 0.356 e. The van der Waals surface area contributed by atoms with E-state index in [-0.39, 0.29) is 17.7 Å². The summed E-state index contributed by atoms with van der Waals surface area (Å²) < 4.78 is 2.60. The van der Waals surface area contributed by atoms with E-state index in [0.717, 1.165) is 35.8 Å². The Bertz CT molecular complexity index is 882. The van der Waals surface area contributed by atoms with Crippen molar-refractivity contribution in [2.75, 3.05) is 19.6 Å². The van der Waals surface area contributed by atoms with Crippen molar-refractivity contribution in [1.29, 1.82) is 0 Å². The number of carbonyl (C=O) groups is 2. The molecule has 1 unspecified atom stereocenters. The van der Waals surface area contributed by atoms with E-state index < -0.39 is 0 Å². The van der Waals surface area contributed by atoms with E-state index in [4.69, 9.17) is 0 Å². The second kappa shape index (κ2) is 10.7. The Morgan fingerprint density at radius 1 is 1.27 bits per heavy atom. The van der Waals surface area contributed by atoms with Gasteiger partial charge in [0, 0.05) is 24.1 Å². The third-order valence-electron chi connectivity index (χ3n) is 5.56. The van der Waals surface area contributed by atoms with Crippen molar-refractivity contribution in [3.05, 3.63) is 40.1 Å². The van der Waals surface area contributed by atoms with E-state index in [1.807, 2.05) is 31.2 Å². The number of hydrogen-bond donors (Lipinski definition) is 1. The van der Waals surface area contributed by atoms with E-state index in [2.05, 4.69) is 38.5 Å². The second-order valence-electron chi connectivity index (χ2n) is 7.86. The van der Waals surface area contributed by atoms with Crippen LogP contribution in [0.25, 0.3) is 5.69 Å². The summed E-state index contributed by atoms with van der Waals surface area (Å²) in [6.07, 6.45) is 6.15. The molecule has 1 fully saturated rings. The molecule has 3 rings (SSSR count). The number of nitrogens with one attached hydrogen (secondary N) is 1. The molecule has 0 saturated carbocycles. The molecule has 1 N–H and O–H groups in total. The summed E-state index contributed by atoms with van der Waals surface area (Å²) in [4.78, 5) is 27.4. The van der Waals surface area contributed by atoms with Crippen molar-refractivity contribution in [2.24, 2.45) is 5.92 Å². The van der Waals surface area contributed by atoms with Crippen LogP contribution in [0.3, 0.4) is 0 Å². The van der Waals surface area contributed by atoms with Crippen LogP contribution < -0.4 is 5.32 Å². The molecule has 162 valence electrons. The van der Waals surface area contributed by atoms with Crippen molar-refractivity contribution in [1.82, 2.24) is 25.2 Å². The van der Waals surface area contributed by atoms with Crippen LogP contribution >= 0.6 is 15.9 Å². The predicted molar refractivity (Wildman–Crippen MR) is 120 cm³/mol. The van der Waals surface area contributed by atoms with Gasteiger partial charge in [-0.1, -0.05) is 53.4 Å². The SMILES string of the molecule is CCCCCCNC(=O)C1CCCN(C(=O)c2nnn(-c3cccc(Br)c3)c2C)C1. The Labute approximate surface area is 186 Å². The number of benzene rings is 1. The Hall–Kier alpha value is -2.22. The molecule has 8 heteroatoms. The lowest BCUT2D eigenvalue weighted by Crippen LogP contribution is -2.45. The summed E-state index contributed by atoms with van der Waals surface area (Å²) in [5.41, 5.74) is 1.88. The number of hydrogen-bond acceptors (Lipinski definition) is 4. The maximum atomic E-state index is 13.1. The molecule has 0 radical (unpaired) electrons. The normalized spacial score (nSPS) is 16.5. The van der Waals surface area contributed by atoms with E-state index >= 15 is 0 Å². The number of rotatable bonds is 8. The van der Waals surface area contributed by atoms with Gasteiger partial charge in [0.15, 0.2) is 5.69 Å². The molecule has 1 aromatic carbocycles. The Morgan fingerprint density at radius 3 is 2.87 bits per heavy atom. The summed E-state index contributed by atoms with van der Waals surface area (Å²) in [7, 11) is 0. The van der Waals surface area contributed by atoms with Gasteiger partial charge in [-0.15, -0.1) is 5.10 Å². The zero-order chi connectivity index (χ0) is 21.5. The molecule has 0 aliphatic carbocycles. The molecular formula is C22H30BrN5O2. The monoisotopic (exact) mass is 475 g/mol. The summed E-state index contributed by atoms with van der Waals surface area (Å²) >= 11 is 3.46. The van der Waals surface area contributed by atoms with E-state index in [1.165, 1.54) is 12.8 Å². The fraction of sp³-hybridized carbons (Fsp3) is 0.545. The maximum absolute atomic E-state index is 13.1. The minimum atomic E-state index is -0.158. The molecule has 0 spiro atoms. The first-order valence-electron chi connectivity index (χ1n) is 10.8. The highest BCUT2D eigenvalue weighted by Crippen LogP contribution is 2.21. The smallest absolute Gasteiger partial charge is 0.276 e. The number of likely N-dealkylation sites (tertiary alicyclic amines) is 1. The van der Waals surface area contributed by atoms with Gasteiger partial charge in [-0.25, -0.2) is 4.68 Å². The van der Waals surface area contributed by atoms with Gasteiger partial charge in [-0.2, -0.15) is 0 Å². The van der Waals surface area contributed by atoms with Crippen molar-refractivity contribution in [2.45, 2.75) is 52.4 Å². The summed E-state index contributed by atoms with van der Waals surface area (Å²) in [6.45, 7) is 5.80. The average Bonchev–Trinajstić information content (AvgIpc) is 3.14. The van der Waals surface area contributed by atoms with Gasteiger partial charge in [0.05, 0.1) is 17.3 Å². The third kappa shape index (κ3) is 5.47. The topological polar surface area (TPSA) is 80.1 Å². The Kier molecular flexibility index (Phi) is 8.01. The van der Waals surface area contributed by atoms with Crippen molar-refractivity contribution in [3.8, 4) is 5.69 Å². The van der Waals surface area contributed by atoms with Crippen LogP contribution in [-0.2, 0) is 4.79 Å². The first kappa shape index (κ1) is 22.5. The zero-order valence-electron chi connectivity index (χ0n) is 17.7. The van der Waals surface area contributed by atoms with Crippen LogP contribution in [0.5, 0.6) is 0 Å². The average molecular weight is 476 g/mol. The summed E-state index contributed by atoms with van der Waals surface area (Å²) in [5, 5.41) is 11.4. The third-order valence-corrected chi connectivity index (χ3v) is 6.05. The number of halogens is 1. The molecule has 1 atom stereocenters. The standard InChI is InChI=1S/C22H30BrN5O2/c1-3-4-5-6-12-24-21(29)17-9-8-13-27(15-17)22(30)20-16(2)28(26-25-20)19-11-7-10-18(23)14-19/h7,10-11,14,17H,3-6,8-9,12-13,15H2,1-2H3,(H,24,29). The van der Waals surface area contributed by atoms with E-state index in [9.17, 15) is 9.59 Å². The highest BCUT2D eigenvalue weighted by atomic mass is 79.9. The number of carbonyl (C=O) groups excluding carboxylic acids is 2. The van der Waals surface area contributed by atoms with Crippen LogP contribution in [0.15, 0.2) is 28.7 Å². The van der Waals surface area contributed by atoms with Crippen LogP contribution in [0.4, 0.5) is 0 Å². The Balaban J connectivity index is 1.62. The molecule has 30 heavy (non-hydrogen) atoms. The van der Waals surface area contributed by atoms with Gasteiger partial charge < -0.3 is 10.2 Å². The Morgan fingerprint density at radius 2 is 2.10 bits per heavy atom. The molecule has 2 heterocycles. The van der Waals surface area contributed by atoms with Crippen LogP contribution in [0.1, 0.15) is 61.6 Å². The van der Waals surface area contributed by atoms with Gasteiger partial charge in [0.1, 0.15) is 0 Å². The quantitative estimate of drug-likeness (QED) is 0.587. The van der Waals surface area contributed by atoms with Crippen LogP contribution in [0, 0.1) is 12.8 Å². The van der Waals surface area contributed by atoms with Gasteiger partial charge >= 0.3 is 0 Å². The molecular weight excluding hydrogens is 446 g/mol. The summed E-state index contributed by atoms with van der Waals surface area (Å²) in [6, 6.07) is 7.70. The van der Waals surface area contributed by atoms with E-state index in [1.54, 1.807) is 9.58 Å². The zero-order valence-corrected chi connectivity index (χ0v) is 19.3. The highest BCUT2D eigenvalue weighted by Gasteiger charge is 2.31. The minimum absolute atomic E-state index is 0.0542. The lowest BCUT2D eigenvalue weighted by Gasteiger charge is -2.31. The van der Waals surface area contributed by atoms with Gasteiger partial charge in [-0.3, -0.25) is 9.59 Å². The van der Waals surface area contributed by atoms with Gasteiger partial charge in [0.2, 0.25) is 5.91 Å². The minimum Gasteiger partial charge on any atom is -0.356 e. The number of nitrogens with zero attached hydrogens (tertiary/aromatic N) is 4. The lowest BCUT2D eigenvalue weighted by atomic mass is 9.96. The fourth-order valence-electron chi connectivity index (χ4n) is 3.81. The van der Waals surface area contributed by atoms with Crippen molar-refractivity contribution >= 4 is 27.7 Å². The highest BCUT2D eigenvalue weighted by molar-refractivity contribution is 9.10. The molecule has 7 nitrogen and oxygen atoms in total. The number of aromatic nitrogens is 3. The lowest BCUT2D eigenvalue weighted by molar-refractivity contribution is -0.126. The molecule has 1 aromatic heterocycles. The van der Waals surface area contributed by atoms with Crippen molar-refractivity contribution in [3.63, 3.8) is 0 Å². The maximum Gasteiger partial charge on any atom is 0.276 e. The molecule has 1 aliphatic heterocycles. The number of amides is 2. The van der Waals surface area contributed by atoms with Crippen molar-refractivity contribution < 1.29 is 9.59 Å². The van der Waals surface area contributed by atoms with Gasteiger partial charge in [-0.05, 0) is 44.4 Å². The molecule has 2 aromatic rings. The van der Waals surface area contributed by atoms with Crippen LogP contribution in [-0.4, -0.2) is 51.3 Å². The number of unbranched alkanes of at least 4 members (excludes halogenated alkanes) is 3. The summed E-state index contributed by atoms with van der Waals surface area (Å²) in [5.74, 6) is -0.262. The molecule has 1 aliphatic rings. The van der Waals surface area contributed by atoms with E-state index in [0.29, 0.717) is 31.0 Å². The first-order valence-corrected chi connectivity index (χ1v) is 11.6. The first-order chi connectivity index (χ1) is 14.5.